The van der Waals surface area contributed by atoms with Crippen LogP contribution in [0.25, 0.3) is 0 Å². The van der Waals surface area contributed by atoms with Crippen molar-refractivity contribution in [2.45, 2.75) is 5.92 Å². The van der Waals surface area contributed by atoms with Gasteiger partial charge < -0.3 is 24.0 Å². The fourth-order valence-electron chi connectivity index (χ4n) is 3.55. The standard InChI is InChI=1S/C22H28N2O4/c1-23(2)10-11-24-14-18(15-6-8-16(26-3)9-7-15)22(25)21-19(24)12-17(27-4)13-20(21)28-5/h6-9,12-13,18H,10-11,14H2,1-5H3. The van der Waals surface area contributed by atoms with Gasteiger partial charge in [0.25, 0.3) is 0 Å². The second-order valence-electron chi connectivity index (χ2n) is 7.16. The van der Waals surface area contributed by atoms with E-state index >= 15 is 0 Å². The predicted octanol–water partition coefficient (Wildman–Crippen LogP) is 3.06. The van der Waals surface area contributed by atoms with Gasteiger partial charge in [-0.25, -0.2) is 0 Å². The van der Waals surface area contributed by atoms with E-state index in [1.54, 1.807) is 27.4 Å². The SMILES string of the molecule is COc1ccc(C2CN(CCN(C)C)c3cc(OC)cc(OC)c3C2=O)cc1. The number of carbonyl (C=O) groups is 1. The van der Waals surface area contributed by atoms with E-state index in [0.717, 1.165) is 30.1 Å². The van der Waals surface area contributed by atoms with Crippen LogP contribution in [-0.4, -0.2) is 65.7 Å². The van der Waals surface area contributed by atoms with Crippen LogP contribution < -0.4 is 19.1 Å². The van der Waals surface area contributed by atoms with E-state index < -0.39 is 0 Å². The van der Waals surface area contributed by atoms with Crippen LogP contribution >= 0.6 is 0 Å². The lowest BCUT2D eigenvalue weighted by Crippen LogP contribution is -2.41. The second kappa shape index (κ2) is 8.52. The Balaban J connectivity index is 2.06. The molecule has 1 aliphatic heterocycles. The van der Waals surface area contributed by atoms with Gasteiger partial charge in [-0.05, 0) is 31.8 Å². The van der Waals surface area contributed by atoms with Crippen LogP contribution in [0.1, 0.15) is 21.8 Å². The van der Waals surface area contributed by atoms with E-state index in [1.165, 1.54) is 0 Å². The summed E-state index contributed by atoms with van der Waals surface area (Å²) < 4.78 is 16.2. The topological polar surface area (TPSA) is 51.2 Å². The number of anilines is 1. The van der Waals surface area contributed by atoms with Crippen molar-refractivity contribution in [1.29, 1.82) is 0 Å². The van der Waals surface area contributed by atoms with E-state index in [2.05, 4.69) is 9.80 Å². The number of carbonyl (C=O) groups excluding carboxylic acids is 1. The fourth-order valence-corrected chi connectivity index (χ4v) is 3.55. The quantitative estimate of drug-likeness (QED) is 0.731. The molecule has 28 heavy (non-hydrogen) atoms. The molecule has 2 aromatic carbocycles. The van der Waals surface area contributed by atoms with Crippen molar-refractivity contribution < 1.29 is 19.0 Å². The van der Waals surface area contributed by atoms with Crippen LogP contribution in [0.4, 0.5) is 5.69 Å². The van der Waals surface area contributed by atoms with Crippen LogP contribution in [-0.2, 0) is 0 Å². The molecule has 0 aromatic heterocycles. The van der Waals surface area contributed by atoms with E-state index in [9.17, 15) is 4.79 Å². The molecule has 0 aliphatic carbocycles. The molecular formula is C22H28N2O4. The molecule has 0 bridgehead atoms. The molecule has 150 valence electrons. The minimum atomic E-state index is -0.261. The first kappa shape index (κ1) is 20.0. The van der Waals surface area contributed by atoms with Crippen LogP contribution in [0.3, 0.4) is 0 Å². The van der Waals surface area contributed by atoms with Crippen molar-refractivity contribution in [3.63, 3.8) is 0 Å². The van der Waals surface area contributed by atoms with Gasteiger partial charge in [0.15, 0.2) is 5.78 Å². The number of methoxy groups -OCH3 is 3. The molecule has 0 saturated carbocycles. The van der Waals surface area contributed by atoms with Gasteiger partial charge in [-0.1, -0.05) is 12.1 Å². The third-order valence-electron chi connectivity index (χ3n) is 5.15. The van der Waals surface area contributed by atoms with E-state index in [4.69, 9.17) is 14.2 Å². The molecule has 0 radical (unpaired) electrons. The summed E-state index contributed by atoms with van der Waals surface area (Å²) >= 11 is 0. The molecular weight excluding hydrogens is 356 g/mol. The maximum atomic E-state index is 13.4. The number of rotatable bonds is 7. The minimum Gasteiger partial charge on any atom is -0.497 e. The van der Waals surface area contributed by atoms with Crippen molar-refractivity contribution in [3.8, 4) is 17.2 Å². The number of ether oxygens (including phenoxy) is 3. The zero-order valence-corrected chi connectivity index (χ0v) is 17.2. The molecule has 1 heterocycles. The number of ketones is 1. The highest BCUT2D eigenvalue weighted by atomic mass is 16.5. The summed E-state index contributed by atoms with van der Waals surface area (Å²) in [6, 6.07) is 11.4. The molecule has 1 atom stereocenters. The Morgan fingerprint density at radius 2 is 1.68 bits per heavy atom. The summed E-state index contributed by atoms with van der Waals surface area (Å²) in [6.45, 7) is 2.29. The summed E-state index contributed by atoms with van der Waals surface area (Å²) in [4.78, 5) is 17.8. The van der Waals surface area contributed by atoms with E-state index in [0.29, 0.717) is 23.6 Å². The zero-order chi connectivity index (χ0) is 20.3. The molecule has 3 rings (SSSR count). The molecule has 2 aromatic rings. The number of nitrogens with zero attached hydrogens (tertiary/aromatic N) is 2. The van der Waals surface area contributed by atoms with Gasteiger partial charge in [0.1, 0.15) is 17.2 Å². The molecule has 1 aliphatic rings. The average molecular weight is 384 g/mol. The zero-order valence-electron chi connectivity index (χ0n) is 17.2. The van der Waals surface area contributed by atoms with Crippen LogP contribution in [0.15, 0.2) is 36.4 Å². The highest BCUT2D eigenvalue weighted by Crippen LogP contribution is 2.42. The molecule has 0 amide bonds. The fraction of sp³-hybridized carbons (Fsp3) is 0.409. The van der Waals surface area contributed by atoms with Crippen molar-refractivity contribution in [2.24, 2.45) is 0 Å². The molecule has 6 heteroatoms. The normalized spacial score (nSPS) is 16.1. The molecule has 0 fully saturated rings. The van der Waals surface area contributed by atoms with E-state index in [1.807, 2.05) is 44.4 Å². The lowest BCUT2D eigenvalue weighted by atomic mass is 9.85. The predicted molar refractivity (Wildman–Crippen MR) is 110 cm³/mol. The first-order valence-corrected chi connectivity index (χ1v) is 9.32. The monoisotopic (exact) mass is 384 g/mol. The Morgan fingerprint density at radius 1 is 1.00 bits per heavy atom. The van der Waals surface area contributed by atoms with Gasteiger partial charge in [0, 0.05) is 31.8 Å². The number of hydrogen-bond donors (Lipinski definition) is 0. The first-order chi connectivity index (χ1) is 13.5. The maximum absolute atomic E-state index is 13.4. The Morgan fingerprint density at radius 3 is 2.25 bits per heavy atom. The highest BCUT2D eigenvalue weighted by molar-refractivity contribution is 6.10. The Hall–Kier alpha value is -2.73. The third kappa shape index (κ3) is 3.92. The highest BCUT2D eigenvalue weighted by Gasteiger charge is 2.36. The molecule has 0 saturated heterocycles. The van der Waals surface area contributed by atoms with Gasteiger partial charge in [0.2, 0.25) is 0 Å². The van der Waals surface area contributed by atoms with E-state index in [-0.39, 0.29) is 11.7 Å². The lowest BCUT2D eigenvalue weighted by Gasteiger charge is -2.37. The van der Waals surface area contributed by atoms with Gasteiger partial charge in [-0.15, -0.1) is 0 Å². The van der Waals surface area contributed by atoms with Crippen LogP contribution in [0.5, 0.6) is 17.2 Å². The van der Waals surface area contributed by atoms with Gasteiger partial charge >= 0.3 is 0 Å². The van der Waals surface area contributed by atoms with Crippen molar-refractivity contribution in [1.82, 2.24) is 4.90 Å². The molecule has 6 nitrogen and oxygen atoms in total. The molecule has 0 spiro atoms. The Labute approximate surface area is 166 Å². The minimum absolute atomic E-state index is 0.0702. The smallest absolute Gasteiger partial charge is 0.177 e. The van der Waals surface area contributed by atoms with Crippen molar-refractivity contribution in [2.75, 3.05) is 60.0 Å². The number of benzene rings is 2. The average Bonchev–Trinajstić information content (AvgIpc) is 2.72. The van der Waals surface area contributed by atoms with Gasteiger partial charge in [-0.3, -0.25) is 4.79 Å². The Kier molecular flexibility index (Phi) is 6.09. The number of fused-ring (bicyclic) bond motifs is 1. The van der Waals surface area contributed by atoms with Crippen molar-refractivity contribution in [3.05, 3.63) is 47.5 Å². The second-order valence-corrected chi connectivity index (χ2v) is 7.16. The molecule has 0 N–H and O–H groups in total. The van der Waals surface area contributed by atoms with Gasteiger partial charge in [0.05, 0.1) is 38.5 Å². The van der Waals surface area contributed by atoms with Crippen LogP contribution in [0, 0.1) is 0 Å². The largest absolute Gasteiger partial charge is 0.497 e. The number of hydrogen-bond acceptors (Lipinski definition) is 6. The summed E-state index contributed by atoms with van der Waals surface area (Å²) in [5.41, 5.74) is 2.46. The van der Waals surface area contributed by atoms with Crippen LogP contribution in [0.2, 0.25) is 0 Å². The first-order valence-electron chi connectivity index (χ1n) is 9.32. The maximum Gasteiger partial charge on any atom is 0.177 e. The van der Waals surface area contributed by atoms with Gasteiger partial charge in [-0.2, -0.15) is 0 Å². The summed E-state index contributed by atoms with van der Waals surface area (Å²) in [6.07, 6.45) is 0. The number of Topliss-reactive ketones (excluding diaryl/α,β-unsaturated/α-hetero) is 1. The lowest BCUT2D eigenvalue weighted by molar-refractivity contribution is 0.0952. The molecule has 1 unspecified atom stereocenters. The number of likely N-dealkylation sites (N-methyl/N-ethyl adjacent to an activating group) is 1. The summed E-state index contributed by atoms with van der Waals surface area (Å²) in [5, 5.41) is 0. The van der Waals surface area contributed by atoms with Crippen molar-refractivity contribution >= 4 is 11.5 Å². The summed E-state index contributed by atoms with van der Waals surface area (Å²) in [7, 11) is 8.93. The Bertz CT molecular complexity index is 833. The third-order valence-corrected chi connectivity index (χ3v) is 5.15. The summed E-state index contributed by atoms with van der Waals surface area (Å²) in [5.74, 6) is 1.82.